The van der Waals surface area contributed by atoms with Gasteiger partial charge in [0, 0.05) is 11.3 Å². The molecule has 0 bridgehead atoms. The Kier molecular flexibility index (Phi) is 4.89. The van der Waals surface area contributed by atoms with Crippen LogP contribution in [0.2, 0.25) is 0 Å². The monoisotopic (exact) mass is 342 g/mol. The number of sulfonamides is 1. The number of nitrogens with one attached hydrogen (secondary N) is 1. The first-order valence-electron chi connectivity index (χ1n) is 7.09. The van der Waals surface area contributed by atoms with Gasteiger partial charge in [0.1, 0.15) is 6.04 Å². The summed E-state index contributed by atoms with van der Waals surface area (Å²) in [5, 5.41) is 2.87. The normalized spacial score (nSPS) is 20.1. The fraction of sp³-hybridized carbons (Fsp3) is 0.533. The van der Waals surface area contributed by atoms with Gasteiger partial charge in [0.15, 0.2) is 0 Å². The van der Waals surface area contributed by atoms with Crippen molar-refractivity contribution in [2.24, 2.45) is 0 Å². The SMILES string of the molecule is Cc1ccc(S(=O)(=O)N2CSCC2C(=O)NC(C)(C)C)cc1. The van der Waals surface area contributed by atoms with Gasteiger partial charge >= 0.3 is 0 Å². The second-order valence-corrected chi connectivity index (χ2v) is 9.35. The third-order valence-electron chi connectivity index (χ3n) is 3.27. The Morgan fingerprint density at radius 3 is 2.41 bits per heavy atom. The molecule has 0 aliphatic carbocycles. The van der Waals surface area contributed by atoms with E-state index in [-0.39, 0.29) is 16.3 Å². The van der Waals surface area contributed by atoms with E-state index in [9.17, 15) is 13.2 Å². The number of carbonyl (C=O) groups excluding carboxylic acids is 1. The van der Waals surface area contributed by atoms with Crippen LogP contribution in [0.4, 0.5) is 0 Å². The van der Waals surface area contributed by atoms with Gasteiger partial charge in [-0.1, -0.05) is 17.7 Å². The van der Waals surface area contributed by atoms with Crippen molar-refractivity contribution in [1.82, 2.24) is 9.62 Å². The third-order valence-corrected chi connectivity index (χ3v) is 6.31. The number of nitrogens with zero attached hydrogens (tertiary/aromatic N) is 1. The maximum absolute atomic E-state index is 12.8. The van der Waals surface area contributed by atoms with Crippen molar-refractivity contribution in [1.29, 1.82) is 0 Å². The van der Waals surface area contributed by atoms with Crippen LogP contribution in [0.3, 0.4) is 0 Å². The number of carbonyl (C=O) groups is 1. The fourth-order valence-corrected chi connectivity index (χ4v) is 5.32. The highest BCUT2D eigenvalue weighted by Crippen LogP contribution is 2.28. The largest absolute Gasteiger partial charge is 0.350 e. The molecule has 1 aliphatic heterocycles. The van der Waals surface area contributed by atoms with Crippen LogP contribution >= 0.6 is 11.8 Å². The number of rotatable bonds is 3. The van der Waals surface area contributed by atoms with Crippen LogP contribution in [0, 0.1) is 6.92 Å². The molecule has 1 aromatic rings. The molecule has 1 aliphatic rings. The smallest absolute Gasteiger partial charge is 0.244 e. The average Bonchev–Trinajstić information content (AvgIpc) is 2.87. The van der Waals surface area contributed by atoms with Crippen LogP contribution in [0.5, 0.6) is 0 Å². The van der Waals surface area contributed by atoms with Crippen LogP contribution in [0.25, 0.3) is 0 Å². The summed E-state index contributed by atoms with van der Waals surface area (Å²) in [6.45, 7) is 7.55. The molecule has 22 heavy (non-hydrogen) atoms. The molecule has 1 fully saturated rings. The molecular weight excluding hydrogens is 320 g/mol. The number of hydrogen-bond donors (Lipinski definition) is 1. The molecule has 122 valence electrons. The molecule has 1 unspecified atom stereocenters. The van der Waals surface area contributed by atoms with Gasteiger partial charge in [0.2, 0.25) is 15.9 Å². The molecule has 1 N–H and O–H groups in total. The van der Waals surface area contributed by atoms with E-state index >= 15 is 0 Å². The van der Waals surface area contributed by atoms with Crippen molar-refractivity contribution < 1.29 is 13.2 Å². The molecule has 7 heteroatoms. The van der Waals surface area contributed by atoms with E-state index < -0.39 is 16.1 Å². The van der Waals surface area contributed by atoms with Crippen LogP contribution in [0.1, 0.15) is 26.3 Å². The lowest BCUT2D eigenvalue weighted by atomic mass is 10.1. The number of benzene rings is 1. The molecule has 1 atom stereocenters. The fourth-order valence-electron chi connectivity index (χ4n) is 2.17. The summed E-state index contributed by atoms with van der Waals surface area (Å²) < 4.78 is 26.8. The van der Waals surface area contributed by atoms with E-state index in [0.29, 0.717) is 11.6 Å². The van der Waals surface area contributed by atoms with E-state index in [1.54, 1.807) is 24.3 Å². The van der Waals surface area contributed by atoms with E-state index in [4.69, 9.17) is 0 Å². The Morgan fingerprint density at radius 2 is 1.86 bits per heavy atom. The molecule has 1 heterocycles. The van der Waals surface area contributed by atoms with Gasteiger partial charge in [-0.05, 0) is 39.8 Å². The molecule has 0 aromatic heterocycles. The lowest BCUT2D eigenvalue weighted by Crippen LogP contribution is -2.52. The van der Waals surface area contributed by atoms with E-state index in [2.05, 4.69) is 5.32 Å². The summed E-state index contributed by atoms with van der Waals surface area (Å²) in [5.74, 6) is 0.541. The zero-order chi connectivity index (χ0) is 16.5. The summed E-state index contributed by atoms with van der Waals surface area (Å²) in [6, 6.07) is 6.05. The highest BCUT2D eigenvalue weighted by Gasteiger charge is 2.40. The first-order valence-corrected chi connectivity index (χ1v) is 9.69. The highest BCUT2D eigenvalue weighted by molar-refractivity contribution is 8.00. The molecule has 5 nitrogen and oxygen atoms in total. The Balaban J connectivity index is 2.26. The van der Waals surface area contributed by atoms with Crippen molar-refractivity contribution in [2.45, 2.75) is 44.2 Å². The number of aryl methyl sites for hydroxylation is 1. The number of thioether (sulfide) groups is 1. The van der Waals surface area contributed by atoms with Gasteiger partial charge in [-0.3, -0.25) is 4.79 Å². The highest BCUT2D eigenvalue weighted by atomic mass is 32.2. The van der Waals surface area contributed by atoms with Gasteiger partial charge < -0.3 is 5.32 Å². The Labute approximate surface area is 136 Å². The zero-order valence-electron chi connectivity index (χ0n) is 13.3. The molecule has 1 aromatic carbocycles. The van der Waals surface area contributed by atoms with Crippen LogP contribution in [-0.4, -0.2) is 41.8 Å². The van der Waals surface area contributed by atoms with Crippen LogP contribution in [0.15, 0.2) is 29.2 Å². The quantitative estimate of drug-likeness (QED) is 0.912. The van der Waals surface area contributed by atoms with Crippen molar-refractivity contribution in [3.63, 3.8) is 0 Å². The maximum Gasteiger partial charge on any atom is 0.244 e. The van der Waals surface area contributed by atoms with Gasteiger partial charge in [0.05, 0.1) is 10.8 Å². The number of hydrogen-bond acceptors (Lipinski definition) is 4. The van der Waals surface area contributed by atoms with Crippen LogP contribution < -0.4 is 5.32 Å². The topological polar surface area (TPSA) is 66.5 Å². The molecule has 0 radical (unpaired) electrons. The van der Waals surface area contributed by atoms with Crippen molar-refractivity contribution in [2.75, 3.05) is 11.6 Å². The zero-order valence-corrected chi connectivity index (χ0v) is 14.9. The molecule has 2 rings (SSSR count). The van der Waals surface area contributed by atoms with E-state index in [0.717, 1.165) is 5.56 Å². The minimum absolute atomic E-state index is 0.231. The second kappa shape index (κ2) is 6.22. The van der Waals surface area contributed by atoms with Crippen molar-refractivity contribution in [3.8, 4) is 0 Å². The molecule has 0 spiro atoms. The minimum Gasteiger partial charge on any atom is -0.350 e. The third kappa shape index (κ3) is 3.83. The lowest BCUT2D eigenvalue weighted by molar-refractivity contribution is -0.125. The Bertz CT molecular complexity index is 648. The van der Waals surface area contributed by atoms with Crippen molar-refractivity contribution >= 4 is 27.7 Å². The van der Waals surface area contributed by atoms with Gasteiger partial charge in [-0.2, -0.15) is 4.31 Å². The average molecular weight is 342 g/mol. The summed E-state index contributed by atoms with van der Waals surface area (Å²) in [6.07, 6.45) is 0. The van der Waals surface area contributed by atoms with Crippen LogP contribution in [-0.2, 0) is 14.8 Å². The molecular formula is C15H22N2O3S2. The number of amides is 1. The Morgan fingerprint density at radius 1 is 1.27 bits per heavy atom. The van der Waals surface area contributed by atoms with E-state index in [1.807, 2.05) is 27.7 Å². The minimum atomic E-state index is -3.65. The van der Waals surface area contributed by atoms with Gasteiger partial charge in [-0.25, -0.2) is 8.42 Å². The standard InChI is InChI=1S/C15H22N2O3S2/c1-11-5-7-12(8-6-11)22(19,20)17-10-21-9-13(17)14(18)16-15(2,3)4/h5-8,13H,9-10H2,1-4H3,(H,16,18). The summed E-state index contributed by atoms with van der Waals surface area (Å²) in [4.78, 5) is 12.6. The first kappa shape index (κ1) is 17.3. The summed E-state index contributed by atoms with van der Waals surface area (Å²) in [7, 11) is -3.65. The van der Waals surface area contributed by atoms with Gasteiger partial charge in [0.25, 0.3) is 0 Å². The maximum atomic E-state index is 12.8. The molecule has 0 saturated carbocycles. The predicted molar refractivity (Wildman–Crippen MR) is 89.2 cm³/mol. The van der Waals surface area contributed by atoms with Crippen molar-refractivity contribution in [3.05, 3.63) is 29.8 Å². The Hall–Kier alpha value is -1.05. The van der Waals surface area contributed by atoms with Gasteiger partial charge in [-0.15, -0.1) is 11.8 Å². The summed E-state index contributed by atoms with van der Waals surface area (Å²) in [5.41, 5.74) is 0.612. The van der Waals surface area contributed by atoms with E-state index in [1.165, 1.54) is 16.1 Å². The molecule has 1 saturated heterocycles. The predicted octanol–water partition coefficient (Wildman–Crippen LogP) is 1.97. The second-order valence-electron chi connectivity index (χ2n) is 6.46. The first-order chi connectivity index (χ1) is 10.1. The lowest BCUT2D eigenvalue weighted by Gasteiger charge is -2.27. The molecule has 1 amide bonds. The summed E-state index contributed by atoms with van der Waals surface area (Å²) >= 11 is 1.46.